The van der Waals surface area contributed by atoms with E-state index < -0.39 is 11.8 Å². The number of carbonyl (C=O) groups excluding carboxylic acids is 2. The summed E-state index contributed by atoms with van der Waals surface area (Å²) in [6, 6.07) is 18.2. The zero-order chi connectivity index (χ0) is 23.0. The molecule has 1 heterocycles. The van der Waals surface area contributed by atoms with Gasteiger partial charge < -0.3 is 10.1 Å². The number of carbonyl (C=O) groups is 2. The Morgan fingerprint density at radius 1 is 0.844 bits per heavy atom. The third-order valence-corrected chi connectivity index (χ3v) is 5.77. The van der Waals surface area contributed by atoms with Crippen molar-refractivity contribution >= 4 is 40.4 Å². The number of nitrogens with zero attached hydrogens (tertiary/aromatic N) is 1. The highest BCUT2D eigenvalue weighted by atomic mass is 35.5. The lowest BCUT2D eigenvalue weighted by molar-refractivity contribution is -0.120. The van der Waals surface area contributed by atoms with Gasteiger partial charge in [0.15, 0.2) is 0 Å². The Morgan fingerprint density at radius 2 is 1.50 bits per heavy atom. The molecule has 0 radical (unpaired) electrons. The minimum Gasteiger partial charge on any atom is -0.497 e. The number of hydrogen-bond acceptors (Lipinski definition) is 4. The maximum absolute atomic E-state index is 13.5. The quantitative estimate of drug-likeness (QED) is 0.513. The number of rotatable bonds is 5. The maximum Gasteiger partial charge on any atom is 0.282 e. The van der Waals surface area contributed by atoms with Gasteiger partial charge in [0.1, 0.15) is 11.4 Å². The Labute approximate surface area is 192 Å². The number of anilines is 2. The van der Waals surface area contributed by atoms with Crippen molar-refractivity contribution in [3.63, 3.8) is 0 Å². The molecule has 0 aliphatic carbocycles. The van der Waals surface area contributed by atoms with Crippen LogP contribution >= 0.6 is 11.6 Å². The zero-order valence-electron chi connectivity index (χ0n) is 18.3. The van der Waals surface area contributed by atoms with Crippen molar-refractivity contribution in [3.8, 4) is 5.75 Å². The Bertz CT molecular complexity index is 1240. The van der Waals surface area contributed by atoms with Crippen LogP contribution in [0.25, 0.3) is 5.57 Å². The van der Waals surface area contributed by atoms with E-state index in [4.69, 9.17) is 16.3 Å². The van der Waals surface area contributed by atoms with Crippen molar-refractivity contribution in [3.05, 3.63) is 93.6 Å². The summed E-state index contributed by atoms with van der Waals surface area (Å²) >= 11 is 6.28. The molecule has 5 nitrogen and oxygen atoms in total. The second-order valence-corrected chi connectivity index (χ2v) is 8.27. The fourth-order valence-electron chi connectivity index (χ4n) is 3.82. The van der Waals surface area contributed by atoms with Crippen LogP contribution in [-0.2, 0) is 9.59 Å². The van der Waals surface area contributed by atoms with Crippen LogP contribution in [0.3, 0.4) is 0 Å². The Morgan fingerprint density at radius 3 is 2.09 bits per heavy atom. The van der Waals surface area contributed by atoms with Crippen molar-refractivity contribution in [2.45, 2.75) is 20.8 Å². The first-order valence-electron chi connectivity index (χ1n) is 10.2. The molecule has 1 N–H and O–H groups in total. The number of hydrogen-bond donors (Lipinski definition) is 1. The minimum atomic E-state index is -0.431. The monoisotopic (exact) mass is 446 g/mol. The topological polar surface area (TPSA) is 58.6 Å². The largest absolute Gasteiger partial charge is 0.497 e. The summed E-state index contributed by atoms with van der Waals surface area (Å²) in [6.45, 7) is 5.84. The second-order valence-electron chi connectivity index (χ2n) is 7.86. The van der Waals surface area contributed by atoms with Gasteiger partial charge in [-0.15, -0.1) is 0 Å². The average molecular weight is 447 g/mol. The van der Waals surface area contributed by atoms with Gasteiger partial charge in [-0.05, 0) is 79.4 Å². The van der Waals surface area contributed by atoms with Gasteiger partial charge in [0.25, 0.3) is 11.8 Å². The van der Waals surface area contributed by atoms with Gasteiger partial charge >= 0.3 is 0 Å². The summed E-state index contributed by atoms with van der Waals surface area (Å²) < 4.78 is 5.23. The lowest BCUT2D eigenvalue weighted by Crippen LogP contribution is -2.32. The van der Waals surface area contributed by atoms with Gasteiger partial charge in [-0.3, -0.25) is 9.59 Å². The number of ether oxygens (including phenoxy) is 1. The fourth-order valence-corrected chi connectivity index (χ4v) is 3.99. The van der Waals surface area contributed by atoms with Crippen LogP contribution in [0, 0.1) is 20.8 Å². The Kier molecular flexibility index (Phi) is 5.76. The highest BCUT2D eigenvalue weighted by Gasteiger charge is 2.40. The molecular formula is C26H23ClN2O3. The molecule has 0 bridgehead atoms. The molecule has 0 fully saturated rings. The van der Waals surface area contributed by atoms with E-state index >= 15 is 0 Å². The third-order valence-electron chi connectivity index (χ3n) is 5.37. The van der Waals surface area contributed by atoms with Crippen LogP contribution in [-0.4, -0.2) is 18.9 Å². The average Bonchev–Trinajstić information content (AvgIpc) is 2.99. The zero-order valence-corrected chi connectivity index (χ0v) is 19.1. The van der Waals surface area contributed by atoms with Crippen LogP contribution in [0.1, 0.15) is 22.3 Å². The number of imide groups is 1. The summed E-state index contributed by atoms with van der Waals surface area (Å²) in [4.78, 5) is 28.2. The molecule has 162 valence electrons. The number of halogens is 1. The lowest BCUT2D eigenvalue weighted by atomic mass is 10.0. The van der Waals surface area contributed by atoms with E-state index in [0.29, 0.717) is 27.6 Å². The number of aryl methyl sites for hydroxylation is 3. The van der Waals surface area contributed by atoms with Crippen LogP contribution in [0.15, 0.2) is 66.4 Å². The molecule has 0 atom stereocenters. The van der Waals surface area contributed by atoms with E-state index in [2.05, 4.69) is 5.32 Å². The Balaban J connectivity index is 1.83. The molecule has 0 spiro atoms. The third kappa shape index (κ3) is 3.99. The molecular weight excluding hydrogens is 424 g/mol. The molecule has 3 aromatic rings. The first-order valence-corrected chi connectivity index (χ1v) is 10.5. The molecule has 0 unspecified atom stereocenters. The first kappa shape index (κ1) is 21.7. The number of benzene rings is 3. The standard InChI is InChI=1S/C26H23ClN2O3/c1-15-11-16(2)13-19(12-15)28-24-23(18-6-9-21(32-4)10-7-18)25(30)29(26(24)31)20-8-5-17(3)22(27)14-20/h5-14,28H,1-4H3. The van der Waals surface area contributed by atoms with Gasteiger partial charge in [0, 0.05) is 10.7 Å². The van der Waals surface area contributed by atoms with Crippen molar-refractivity contribution in [1.29, 1.82) is 0 Å². The summed E-state index contributed by atoms with van der Waals surface area (Å²) in [6.07, 6.45) is 0. The highest BCUT2D eigenvalue weighted by molar-refractivity contribution is 6.46. The second kappa shape index (κ2) is 8.52. The van der Waals surface area contributed by atoms with Crippen LogP contribution in [0.5, 0.6) is 5.75 Å². The molecule has 1 aliphatic heterocycles. The predicted octanol–water partition coefficient (Wildman–Crippen LogP) is 5.67. The molecule has 2 amide bonds. The van der Waals surface area contributed by atoms with Crippen molar-refractivity contribution in [1.82, 2.24) is 0 Å². The van der Waals surface area contributed by atoms with Crippen molar-refractivity contribution < 1.29 is 14.3 Å². The van der Waals surface area contributed by atoms with E-state index in [-0.39, 0.29) is 5.70 Å². The molecule has 0 aromatic heterocycles. The van der Waals surface area contributed by atoms with E-state index in [9.17, 15) is 9.59 Å². The lowest BCUT2D eigenvalue weighted by Gasteiger charge is -2.16. The number of amides is 2. The van der Waals surface area contributed by atoms with Gasteiger partial charge in [0.2, 0.25) is 0 Å². The molecule has 4 rings (SSSR count). The number of nitrogens with one attached hydrogen (secondary N) is 1. The van der Waals surface area contributed by atoms with Crippen LogP contribution < -0.4 is 15.0 Å². The van der Waals surface area contributed by atoms with Gasteiger partial charge in [-0.1, -0.05) is 35.9 Å². The van der Waals surface area contributed by atoms with E-state index in [1.165, 1.54) is 0 Å². The normalized spacial score (nSPS) is 13.7. The van der Waals surface area contributed by atoms with Crippen LogP contribution in [0.2, 0.25) is 5.02 Å². The summed E-state index contributed by atoms with van der Waals surface area (Å²) in [7, 11) is 1.58. The first-order chi connectivity index (χ1) is 15.3. The summed E-state index contributed by atoms with van der Waals surface area (Å²) in [5.74, 6) is -0.177. The van der Waals surface area contributed by atoms with E-state index in [1.54, 1.807) is 49.6 Å². The van der Waals surface area contributed by atoms with Crippen LogP contribution in [0.4, 0.5) is 11.4 Å². The van der Waals surface area contributed by atoms with Crippen molar-refractivity contribution in [2.75, 3.05) is 17.3 Å². The Hall–Kier alpha value is -3.57. The van der Waals surface area contributed by atoms with E-state index in [0.717, 1.165) is 27.3 Å². The summed E-state index contributed by atoms with van der Waals surface area (Å²) in [5, 5.41) is 3.70. The molecule has 0 saturated carbocycles. The highest BCUT2D eigenvalue weighted by Crippen LogP contribution is 2.35. The van der Waals surface area contributed by atoms with Crippen molar-refractivity contribution in [2.24, 2.45) is 0 Å². The molecule has 32 heavy (non-hydrogen) atoms. The van der Waals surface area contributed by atoms with Gasteiger partial charge in [-0.2, -0.15) is 0 Å². The fraction of sp³-hybridized carbons (Fsp3) is 0.154. The molecule has 0 saturated heterocycles. The number of methoxy groups -OCH3 is 1. The van der Waals surface area contributed by atoms with E-state index in [1.807, 2.05) is 39.0 Å². The SMILES string of the molecule is COc1ccc(C2=C(Nc3cc(C)cc(C)c3)C(=O)N(c3ccc(C)c(Cl)c3)C2=O)cc1. The smallest absolute Gasteiger partial charge is 0.282 e. The summed E-state index contributed by atoms with van der Waals surface area (Å²) in [5.41, 5.74) is 5.29. The predicted molar refractivity (Wildman–Crippen MR) is 128 cm³/mol. The minimum absolute atomic E-state index is 0.224. The maximum atomic E-state index is 13.5. The molecule has 3 aromatic carbocycles. The van der Waals surface area contributed by atoms with Gasteiger partial charge in [-0.25, -0.2) is 4.90 Å². The van der Waals surface area contributed by atoms with Gasteiger partial charge in [0.05, 0.1) is 18.4 Å². The molecule has 1 aliphatic rings. The molecule has 6 heteroatoms.